The third kappa shape index (κ3) is 5.21. The fraction of sp³-hybridized carbons (Fsp3) is 0.158. The van der Waals surface area contributed by atoms with Gasteiger partial charge < -0.3 is 14.8 Å². The van der Waals surface area contributed by atoms with Crippen molar-refractivity contribution in [3.05, 3.63) is 60.4 Å². The molecular weight excluding hydrogens is 351 g/mol. The topological polar surface area (TPSA) is 86.2 Å². The van der Waals surface area contributed by atoms with Gasteiger partial charge in [0.25, 0.3) is 0 Å². The molecule has 2 heterocycles. The maximum atomic E-state index is 12.3. The maximum Gasteiger partial charge on any atom is 0.153 e. The van der Waals surface area contributed by atoms with Gasteiger partial charge in [0.05, 0.1) is 44.1 Å². The number of anilines is 1. The summed E-state index contributed by atoms with van der Waals surface area (Å²) in [6.45, 7) is 0. The summed E-state index contributed by atoms with van der Waals surface area (Å²) >= 11 is 0. The number of nitrogens with one attached hydrogen (secondary N) is 1. The molecule has 3 rings (SSSR count). The van der Waals surface area contributed by atoms with Crippen LogP contribution in [0.5, 0.6) is 11.5 Å². The minimum Gasteiger partial charge on any atom is -0.497 e. The van der Waals surface area contributed by atoms with E-state index in [2.05, 4.69) is 20.3 Å². The lowest BCUT2D eigenvalue weighted by atomic mass is 10.1. The number of aldehydes is 1. The molecule has 7 nitrogen and oxygen atoms in total. The molecule has 140 valence electrons. The van der Waals surface area contributed by atoms with Crippen molar-refractivity contribution in [2.75, 3.05) is 26.6 Å². The van der Waals surface area contributed by atoms with Crippen molar-refractivity contribution in [2.45, 2.75) is 0 Å². The molecule has 0 atom stereocenters. The van der Waals surface area contributed by atoms with Crippen LogP contribution in [0.1, 0.15) is 10.4 Å². The fourth-order valence-corrected chi connectivity index (χ4v) is 2.09. The third-order valence-corrected chi connectivity index (χ3v) is 3.52. The SMILES string of the molecule is CNc1cnc(-c2cc(OC)ccc2OC)cn1.O=Cc1ccncc1F. The lowest BCUT2D eigenvalue weighted by Crippen LogP contribution is -1.96. The molecule has 0 amide bonds. The van der Waals surface area contributed by atoms with Crippen molar-refractivity contribution >= 4 is 12.1 Å². The summed E-state index contributed by atoms with van der Waals surface area (Å²) in [4.78, 5) is 22.0. The highest BCUT2D eigenvalue weighted by Gasteiger charge is 2.09. The third-order valence-electron chi connectivity index (χ3n) is 3.52. The first-order valence-electron chi connectivity index (χ1n) is 7.89. The predicted molar refractivity (Wildman–Crippen MR) is 99.7 cm³/mol. The number of ether oxygens (including phenoxy) is 2. The highest BCUT2D eigenvalue weighted by atomic mass is 19.1. The normalized spacial score (nSPS) is 9.63. The van der Waals surface area contributed by atoms with E-state index in [9.17, 15) is 9.18 Å². The highest BCUT2D eigenvalue weighted by Crippen LogP contribution is 2.31. The van der Waals surface area contributed by atoms with E-state index >= 15 is 0 Å². The summed E-state index contributed by atoms with van der Waals surface area (Å²) < 4.78 is 22.8. The second-order valence-electron chi connectivity index (χ2n) is 5.12. The number of benzene rings is 1. The van der Waals surface area contributed by atoms with Gasteiger partial charge in [0.2, 0.25) is 0 Å². The van der Waals surface area contributed by atoms with Crippen molar-refractivity contribution in [3.63, 3.8) is 0 Å². The number of aromatic nitrogens is 3. The Kier molecular flexibility index (Phi) is 7.18. The molecule has 8 heteroatoms. The van der Waals surface area contributed by atoms with E-state index in [0.717, 1.165) is 34.8 Å². The lowest BCUT2D eigenvalue weighted by Gasteiger charge is -2.10. The van der Waals surface area contributed by atoms with Gasteiger partial charge in [-0.2, -0.15) is 0 Å². The van der Waals surface area contributed by atoms with Gasteiger partial charge >= 0.3 is 0 Å². The van der Waals surface area contributed by atoms with Crippen LogP contribution in [0.2, 0.25) is 0 Å². The first kappa shape index (κ1) is 19.8. The molecule has 0 bridgehead atoms. The first-order chi connectivity index (χ1) is 13.1. The number of pyridine rings is 1. The van der Waals surface area contributed by atoms with Crippen LogP contribution in [0.25, 0.3) is 11.3 Å². The predicted octanol–water partition coefficient (Wildman–Crippen LogP) is 3.24. The van der Waals surface area contributed by atoms with Crippen molar-refractivity contribution in [2.24, 2.45) is 0 Å². The van der Waals surface area contributed by atoms with Gasteiger partial charge in [-0.05, 0) is 24.3 Å². The van der Waals surface area contributed by atoms with Gasteiger partial charge in [0, 0.05) is 18.8 Å². The van der Waals surface area contributed by atoms with Crippen molar-refractivity contribution in [1.29, 1.82) is 0 Å². The molecule has 0 aliphatic heterocycles. The number of rotatable bonds is 5. The monoisotopic (exact) mass is 370 g/mol. The minimum atomic E-state index is -0.576. The van der Waals surface area contributed by atoms with Gasteiger partial charge in [-0.3, -0.25) is 14.8 Å². The Balaban J connectivity index is 0.000000244. The van der Waals surface area contributed by atoms with Gasteiger partial charge in [-0.1, -0.05) is 0 Å². The largest absolute Gasteiger partial charge is 0.497 e. The molecule has 0 saturated heterocycles. The summed E-state index contributed by atoms with van der Waals surface area (Å²) in [6.07, 6.45) is 6.20. The van der Waals surface area contributed by atoms with Gasteiger partial charge in [0.1, 0.15) is 17.3 Å². The van der Waals surface area contributed by atoms with Crippen LogP contribution in [-0.4, -0.2) is 42.5 Å². The number of halogens is 1. The Morgan fingerprint density at radius 3 is 2.41 bits per heavy atom. The van der Waals surface area contributed by atoms with Gasteiger partial charge in [-0.25, -0.2) is 9.37 Å². The maximum absolute atomic E-state index is 12.3. The molecule has 3 aromatic rings. The Morgan fingerprint density at radius 1 is 1.07 bits per heavy atom. The number of hydrogen-bond donors (Lipinski definition) is 1. The second-order valence-corrected chi connectivity index (χ2v) is 5.12. The van der Waals surface area contributed by atoms with Crippen LogP contribution in [0, 0.1) is 5.82 Å². The average molecular weight is 370 g/mol. The quantitative estimate of drug-likeness (QED) is 0.690. The number of hydrogen-bond acceptors (Lipinski definition) is 7. The van der Waals surface area contributed by atoms with E-state index in [0.29, 0.717) is 6.29 Å². The molecule has 2 aromatic heterocycles. The number of nitrogens with zero attached hydrogens (tertiary/aromatic N) is 3. The smallest absolute Gasteiger partial charge is 0.153 e. The Bertz CT molecular complexity index is 888. The van der Waals surface area contributed by atoms with Crippen molar-refractivity contribution in [3.8, 4) is 22.8 Å². The highest BCUT2D eigenvalue weighted by molar-refractivity contribution is 5.74. The molecule has 0 radical (unpaired) electrons. The Hall–Kier alpha value is -3.55. The molecule has 0 spiro atoms. The van der Waals surface area contributed by atoms with E-state index in [1.165, 1.54) is 12.3 Å². The lowest BCUT2D eigenvalue weighted by molar-refractivity contribution is 0.111. The zero-order valence-electron chi connectivity index (χ0n) is 15.1. The average Bonchev–Trinajstić information content (AvgIpc) is 2.74. The first-order valence-corrected chi connectivity index (χ1v) is 7.89. The Morgan fingerprint density at radius 2 is 1.89 bits per heavy atom. The molecule has 0 saturated carbocycles. The number of carbonyl (C=O) groups is 1. The number of carbonyl (C=O) groups excluding carboxylic acids is 1. The molecule has 0 aliphatic rings. The molecule has 0 unspecified atom stereocenters. The molecule has 0 aliphatic carbocycles. The van der Waals surface area contributed by atoms with E-state index < -0.39 is 5.82 Å². The van der Waals surface area contributed by atoms with Crippen molar-refractivity contribution in [1.82, 2.24) is 15.0 Å². The van der Waals surface area contributed by atoms with E-state index in [4.69, 9.17) is 9.47 Å². The molecular formula is C19H19FN4O3. The summed E-state index contributed by atoms with van der Waals surface area (Å²) in [6, 6.07) is 6.89. The molecule has 27 heavy (non-hydrogen) atoms. The van der Waals surface area contributed by atoms with Crippen LogP contribution in [0.15, 0.2) is 49.1 Å². The van der Waals surface area contributed by atoms with E-state index in [-0.39, 0.29) is 5.56 Å². The summed E-state index contributed by atoms with van der Waals surface area (Å²) in [5.41, 5.74) is 1.64. The molecule has 1 N–H and O–H groups in total. The molecule has 1 aromatic carbocycles. The van der Waals surface area contributed by atoms with Crippen LogP contribution in [0.3, 0.4) is 0 Å². The van der Waals surface area contributed by atoms with Gasteiger partial charge in [0.15, 0.2) is 12.1 Å². The second kappa shape index (κ2) is 9.81. The van der Waals surface area contributed by atoms with Crippen molar-refractivity contribution < 1.29 is 18.7 Å². The minimum absolute atomic E-state index is 0.0463. The standard InChI is InChI=1S/C13H15N3O2.C6H4FNO/c1-14-13-8-15-11(7-16-13)10-6-9(17-2)4-5-12(10)18-3;7-6-3-8-2-1-5(6)4-9/h4-8H,1-3H3,(H,14,16);1-4H. The summed E-state index contributed by atoms with van der Waals surface area (Å²) in [5, 5.41) is 2.93. The van der Waals surface area contributed by atoms with Crippen LogP contribution >= 0.6 is 0 Å². The summed E-state index contributed by atoms with van der Waals surface area (Å²) in [5.74, 6) is 1.64. The molecule has 0 fully saturated rings. The summed E-state index contributed by atoms with van der Waals surface area (Å²) in [7, 11) is 5.05. The van der Waals surface area contributed by atoms with Crippen LogP contribution < -0.4 is 14.8 Å². The zero-order chi connectivity index (χ0) is 19.6. The van der Waals surface area contributed by atoms with E-state index in [1.807, 2.05) is 18.2 Å². The number of methoxy groups -OCH3 is 2. The fourth-order valence-electron chi connectivity index (χ4n) is 2.09. The van der Waals surface area contributed by atoms with Crippen LogP contribution in [-0.2, 0) is 0 Å². The Labute approximate surface area is 156 Å². The zero-order valence-corrected chi connectivity index (χ0v) is 15.1. The van der Waals surface area contributed by atoms with E-state index in [1.54, 1.807) is 33.7 Å². The van der Waals surface area contributed by atoms with Gasteiger partial charge in [-0.15, -0.1) is 0 Å². The van der Waals surface area contributed by atoms with Crippen LogP contribution in [0.4, 0.5) is 10.2 Å².